The predicted octanol–water partition coefficient (Wildman–Crippen LogP) is 2.93. The number of carbonyl (C=O) groups excluding carboxylic acids is 1. The van der Waals surface area contributed by atoms with Crippen LogP contribution in [0.4, 0.5) is 0 Å². The van der Waals surface area contributed by atoms with Crippen LogP contribution in [0.3, 0.4) is 0 Å². The van der Waals surface area contributed by atoms with Crippen molar-refractivity contribution < 1.29 is 13.2 Å². The predicted molar refractivity (Wildman–Crippen MR) is 95.0 cm³/mol. The van der Waals surface area contributed by atoms with Crippen molar-refractivity contribution in [3.63, 3.8) is 0 Å². The SMILES string of the molecule is Cc1nc(CC(=O)NNS(=O)(=O)c2c(C)c(Cl)cc(C)c2Cl)cs1. The maximum absolute atomic E-state index is 12.5. The summed E-state index contributed by atoms with van der Waals surface area (Å²) in [6, 6.07) is 1.58. The zero-order chi connectivity index (χ0) is 18.1. The van der Waals surface area contributed by atoms with Gasteiger partial charge in [-0.2, -0.15) is 0 Å². The number of thiazole rings is 1. The van der Waals surface area contributed by atoms with Gasteiger partial charge in [-0.25, -0.2) is 13.4 Å². The summed E-state index contributed by atoms with van der Waals surface area (Å²) in [7, 11) is -4.06. The van der Waals surface area contributed by atoms with Gasteiger partial charge in [-0.1, -0.05) is 23.2 Å². The van der Waals surface area contributed by atoms with Crippen LogP contribution in [0, 0.1) is 20.8 Å². The first-order valence-corrected chi connectivity index (χ1v) is 9.90. The van der Waals surface area contributed by atoms with Crippen molar-refractivity contribution >= 4 is 50.5 Å². The number of nitrogens with one attached hydrogen (secondary N) is 2. The minimum Gasteiger partial charge on any atom is -0.277 e. The Morgan fingerprint density at radius 2 is 1.96 bits per heavy atom. The highest BCUT2D eigenvalue weighted by molar-refractivity contribution is 7.89. The molecule has 0 spiro atoms. The summed E-state index contributed by atoms with van der Waals surface area (Å²) in [5.41, 5.74) is 3.56. The molecule has 0 saturated carbocycles. The molecule has 2 rings (SSSR count). The number of halogens is 2. The van der Waals surface area contributed by atoms with E-state index in [1.165, 1.54) is 11.3 Å². The molecular weight excluding hydrogens is 393 g/mol. The summed E-state index contributed by atoms with van der Waals surface area (Å²) in [5, 5.41) is 2.91. The number of aryl methyl sites for hydroxylation is 2. The summed E-state index contributed by atoms with van der Waals surface area (Å²) < 4.78 is 24.9. The van der Waals surface area contributed by atoms with Gasteiger partial charge >= 0.3 is 0 Å². The van der Waals surface area contributed by atoms with E-state index in [4.69, 9.17) is 23.2 Å². The summed E-state index contributed by atoms with van der Waals surface area (Å²) in [5.74, 6) is -0.531. The third kappa shape index (κ3) is 4.25. The Bertz CT molecular complexity index is 869. The Kier molecular flexibility index (Phi) is 5.87. The van der Waals surface area contributed by atoms with E-state index >= 15 is 0 Å². The van der Waals surface area contributed by atoms with Crippen LogP contribution in [0.25, 0.3) is 0 Å². The van der Waals surface area contributed by atoms with E-state index < -0.39 is 15.9 Å². The standard InChI is InChI=1S/C14H15Cl2N3O3S2/c1-7-4-11(15)8(2)14(13(7)16)24(21,22)19-18-12(20)5-10-6-23-9(3)17-10/h4,6,19H,5H2,1-3H3,(H,18,20). The third-order valence-corrected chi connectivity index (χ3v) is 6.42. The van der Waals surface area contributed by atoms with E-state index in [2.05, 4.69) is 10.4 Å². The van der Waals surface area contributed by atoms with Crippen molar-refractivity contribution in [1.82, 2.24) is 15.2 Å². The summed E-state index contributed by atoms with van der Waals surface area (Å²) in [6.07, 6.45) is -0.0336. The molecule has 0 atom stereocenters. The molecule has 10 heteroatoms. The number of amides is 1. The molecule has 0 bridgehead atoms. The van der Waals surface area contributed by atoms with Crippen LogP contribution < -0.4 is 10.3 Å². The van der Waals surface area contributed by atoms with Crippen LogP contribution in [0.2, 0.25) is 10.0 Å². The number of benzene rings is 1. The fourth-order valence-electron chi connectivity index (χ4n) is 2.01. The first-order chi connectivity index (χ1) is 11.1. The highest BCUT2D eigenvalue weighted by Gasteiger charge is 2.24. The van der Waals surface area contributed by atoms with Gasteiger partial charge in [0.2, 0.25) is 5.91 Å². The average molecular weight is 408 g/mol. The van der Waals surface area contributed by atoms with Crippen LogP contribution in [0.15, 0.2) is 16.3 Å². The molecule has 130 valence electrons. The van der Waals surface area contributed by atoms with Crippen LogP contribution in [0.5, 0.6) is 0 Å². The van der Waals surface area contributed by atoms with Gasteiger partial charge in [0, 0.05) is 10.4 Å². The second kappa shape index (κ2) is 7.37. The molecule has 1 heterocycles. The number of hydrogen-bond donors (Lipinski definition) is 2. The molecule has 24 heavy (non-hydrogen) atoms. The van der Waals surface area contributed by atoms with Crippen LogP contribution in [-0.4, -0.2) is 19.3 Å². The maximum atomic E-state index is 12.5. The highest BCUT2D eigenvalue weighted by atomic mass is 35.5. The molecule has 1 aromatic carbocycles. The number of hydrogen-bond acceptors (Lipinski definition) is 5. The van der Waals surface area contributed by atoms with Crippen molar-refractivity contribution in [1.29, 1.82) is 0 Å². The average Bonchev–Trinajstić information content (AvgIpc) is 2.88. The zero-order valence-electron chi connectivity index (χ0n) is 13.1. The summed E-state index contributed by atoms with van der Waals surface area (Å²) in [4.78, 5) is 17.9. The molecule has 2 N–H and O–H groups in total. The van der Waals surface area contributed by atoms with E-state index in [0.29, 0.717) is 16.8 Å². The number of carbonyl (C=O) groups is 1. The monoisotopic (exact) mass is 407 g/mol. The third-order valence-electron chi connectivity index (χ3n) is 3.19. The van der Waals surface area contributed by atoms with Gasteiger partial charge in [-0.05, 0) is 38.0 Å². The smallest absolute Gasteiger partial charge is 0.259 e. The number of hydrazine groups is 1. The molecule has 0 aliphatic carbocycles. The quantitative estimate of drug-likeness (QED) is 0.745. The molecule has 0 radical (unpaired) electrons. The highest BCUT2D eigenvalue weighted by Crippen LogP contribution is 2.33. The van der Waals surface area contributed by atoms with Gasteiger partial charge < -0.3 is 0 Å². The van der Waals surface area contributed by atoms with Crippen LogP contribution in [0.1, 0.15) is 21.8 Å². The van der Waals surface area contributed by atoms with E-state index in [1.54, 1.807) is 25.3 Å². The lowest BCUT2D eigenvalue weighted by Gasteiger charge is -2.14. The molecule has 1 amide bonds. The fourth-order valence-corrected chi connectivity index (χ4v) is 4.69. The van der Waals surface area contributed by atoms with Gasteiger partial charge in [-0.15, -0.1) is 16.2 Å². The molecular formula is C14H15Cl2N3O3S2. The van der Waals surface area contributed by atoms with Crippen molar-refractivity contribution in [3.8, 4) is 0 Å². The molecule has 0 aliphatic rings. The Balaban J connectivity index is 2.16. The normalized spacial score (nSPS) is 11.5. The summed E-state index contributed by atoms with van der Waals surface area (Å²) in [6.45, 7) is 5.01. The van der Waals surface area contributed by atoms with Crippen molar-refractivity contribution in [2.24, 2.45) is 0 Å². The van der Waals surface area contributed by atoms with Crippen molar-refractivity contribution in [2.75, 3.05) is 0 Å². The summed E-state index contributed by atoms with van der Waals surface area (Å²) >= 11 is 13.5. The largest absolute Gasteiger partial charge is 0.277 e. The van der Waals surface area contributed by atoms with Crippen molar-refractivity contribution in [3.05, 3.63) is 43.3 Å². The van der Waals surface area contributed by atoms with Crippen LogP contribution in [-0.2, 0) is 21.2 Å². The van der Waals surface area contributed by atoms with Crippen LogP contribution >= 0.6 is 34.5 Å². The van der Waals surface area contributed by atoms with Gasteiger partial charge in [-0.3, -0.25) is 10.2 Å². The first-order valence-electron chi connectivity index (χ1n) is 6.78. The molecule has 0 unspecified atom stereocenters. The number of sulfonamides is 1. The Hall–Kier alpha value is -1.19. The lowest BCUT2D eigenvalue weighted by Crippen LogP contribution is -2.42. The molecule has 2 aromatic rings. The number of nitrogens with zero attached hydrogens (tertiary/aromatic N) is 1. The molecule has 1 aromatic heterocycles. The van der Waals surface area contributed by atoms with E-state index in [9.17, 15) is 13.2 Å². The van der Waals surface area contributed by atoms with Gasteiger partial charge in [0.25, 0.3) is 10.0 Å². The van der Waals surface area contributed by atoms with Gasteiger partial charge in [0.05, 0.1) is 22.1 Å². The Labute approximate surface area is 154 Å². The second-order valence-corrected chi connectivity index (χ2v) is 8.60. The number of aromatic nitrogens is 1. The fraction of sp³-hybridized carbons (Fsp3) is 0.286. The lowest BCUT2D eigenvalue weighted by atomic mass is 10.2. The molecule has 0 fully saturated rings. The lowest BCUT2D eigenvalue weighted by molar-refractivity contribution is -0.120. The Morgan fingerprint density at radius 3 is 2.54 bits per heavy atom. The second-order valence-electron chi connectivity index (χ2n) is 5.13. The molecule has 0 saturated heterocycles. The molecule has 0 aliphatic heterocycles. The van der Waals surface area contributed by atoms with Gasteiger partial charge in [0.15, 0.2) is 0 Å². The topological polar surface area (TPSA) is 88.2 Å². The van der Waals surface area contributed by atoms with Crippen molar-refractivity contribution in [2.45, 2.75) is 32.1 Å². The number of rotatable bonds is 5. The Morgan fingerprint density at radius 1 is 1.29 bits per heavy atom. The zero-order valence-corrected chi connectivity index (χ0v) is 16.3. The van der Waals surface area contributed by atoms with E-state index in [-0.39, 0.29) is 21.4 Å². The maximum Gasteiger partial charge on any atom is 0.259 e. The van der Waals surface area contributed by atoms with E-state index in [0.717, 1.165) is 5.01 Å². The van der Waals surface area contributed by atoms with E-state index in [1.807, 2.05) is 11.8 Å². The molecule has 6 nitrogen and oxygen atoms in total. The minimum absolute atomic E-state index is 0.0336. The van der Waals surface area contributed by atoms with Gasteiger partial charge in [0.1, 0.15) is 4.90 Å². The first kappa shape index (κ1) is 19.1. The minimum atomic E-state index is -4.06.